The minimum atomic E-state index is -0.124. The monoisotopic (exact) mass is 249 g/mol. The Kier molecular flexibility index (Phi) is 2.85. The smallest absolute Gasteiger partial charge is 0.129 e. The predicted molar refractivity (Wildman–Crippen MR) is 70.6 cm³/mol. The number of rotatable bonds is 0. The average molecular weight is 250 g/mol. The van der Waals surface area contributed by atoms with Crippen LogP contribution in [0.1, 0.15) is 24.8 Å². The third kappa shape index (κ3) is 2.20. The molecule has 1 aromatic rings. The van der Waals surface area contributed by atoms with Gasteiger partial charge in [0.15, 0.2) is 0 Å². The number of hydrogen-bond acceptors (Lipinski definition) is 2. The van der Waals surface area contributed by atoms with E-state index in [-0.39, 0.29) is 5.60 Å². The van der Waals surface area contributed by atoms with Crippen LogP contribution in [0, 0.1) is 0 Å². The van der Waals surface area contributed by atoms with Gasteiger partial charge in [-0.15, -0.1) is 0 Å². The minimum Gasteiger partial charge on any atom is -0.482 e. The number of fused-ring (bicyclic) bond motifs is 1. The maximum atomic E-state index is 6.21. The van der Waals surface area contributed by atoms with Gasteiger partial charge in [-0.25, -0.2) is 0 Å². The van der Waals surface area contributed by atoms with Crippen LogP contribution in [-0.2, 0) is 0 Å². The standard InChI is InChI=1S/C14H16ClNO/c15-12-3-2-11-4-6-14(17-13(11)10-12)5-1-8-16-9-7-14/h2-4,6,10,16H,1,5,7-9H2. The van der Waals surface area contributed by atoms with Crippen LogP contribution in [0.5, 0.6) is 5.75 Å². The summed E-state index contributed by atoms with van der Waals surface area (Å²) in [5, 5.41) is 4.15. The Bertz CT molecular complexity index is 448. The van der Waals surface area contributed by atoms with Crippen molar-refractivity contribution in [2.45, 2.75) is 24.9 Å². The number of nitrogens with one attached hydrogen (secondary N) is 1. The Morgan fingerprint density at radius 2 is 2.18 bits per heavy atom. The number of hydrogen-bond donors (Lipinski definition) is 1. The van der Waals surface area contributed by atoms with Gasteiger partial charge in [0, 0.05) is 17.0 Å². The SMILES string of the molecule is Clc1ccc2c(c1)OC1(C=C2)CCCNCC1. The second-order valence-corrected chi connectivity index (χ2v) is 5.22. The van der Waals surface area contributed by atoms with Gasteiger partial charge in [0.2, 0.25) is 0 Å². The molecule has 1 spiro atoms. The van der Waals surface area contributed by atoms with Crippen LogP contribution >= 0.6 is 11.6 Å². The molecule has 2 aliphatic rings. The van der Waals surface area contributed by atoms with Crippen molar-refractivity contribution in [3.05, 3.63) is 34.9 Å². The fourth-order valence-electron chi connectivity index (χ4n) is 2.56. The summed E-state index contributed by atoms with van der Waals surface area (Å²) in [6.45, 7) is 2.10. The third-order valence-electron chi connectivity index (χ3n) is 3.53. The summed E-state index contributed by atoms with van der Waals surface area (Å²) in [6, 6.07) is 5.83. The van der Waals surface area contributed by atoms with E-state index < -0.39 is 0 Å². The molecule has 3 heteroatoms. The van der Waals surface area contributed by atoms with Crippen molar-refractivity contribution in [2.24, 2.45) is 0 Å². The zero-order valence-corrected chi connectivity index (χ0v) is 10.5. The summed E-state index contributed by atoms with van der Waals surface area (Å²) < 4.78 is 6.21. The van der Waals surface area contributed by atoms with Crippen LogP contribution in [0.4, 0.5) is 0 Å². The molecule has 0 radical (unpaired) electrons. The largest absolute Gasteiger partial charge is 0.482 e. The minimum absolute atomic E-state index is 0.124. The van der Waals surface area contributed by atoms with E-state index in [2.05, 4.69) is 17.5 Å². The lowest BCUT2D eigenvalue weighted by Crippen LogP contribution is -2.36. The van der Waals surface area contributed by atoms with Crippen molar-refractivity contribution in [1.29, 1.82) is 0 Å². The second kappa shape index (κ2) is 4.35. The highest BCUT2D eigenvalue weighted by Crippen LogP contribution is 2.37. The van der Waals surface area contributed by atoms with Gasteiger partial charge in [0.25, 0.3) is 0 Å². The van der Waals surface area contributed by atoms with Crippen LogP contribution in [0.25, 0.3) is 6.08 Å². The Balaban J connectivity index is 1.92. The molecule has 17 heavy (non-hydrogen) atoms. The lowest BCUT2D eigenvalue weighted by molar-refractivity contribution is 0.104. The third-order valence-corrected chi connectivity index (χ3v) is 3.77. The Hall–Kier alpha value is -0.990. The van der Waals surface area contributed by atoms with E-state index in [4.69, 9.17) is 16.3 Å². The van der Waals surface area contributed by atoms with Crippen molar-refractivity contribution in [1.82, 2.24) is 5.32 Å². The van der Waals surface area contributed by atoms with Gasteiger partial charge in [-0.3, -0.25) is 0 Å². The van der Waals surface area contributed by atoms with E-state index in [1.54, 1.807) is 0 Å². The summed E-state index contributed by atoms with van der Waals surface area (Å²) in [6.07, 6.45) is 7.63. The zero-order valence-electron chi connectivity index (χ0n) is 9.71. The molecular formula is C14H16ClNO. The van der Waals surface area contributed by atoms with Gasteiger partial charge in [0.05, 0.1) is 0 Å². The maximum Gasteiger partial charge on any atom is 0.129 e. The molecule has 2 nitrogen and oxygen atoms in total. The van der Waals surface area contributed by atoms with E-state index in [9.17, 15) is 0 Å². The van der Waals surface area contributed by atoms with Crippen molar-refractivity contribution in [3.63, 3.8) is 0 Å². The Morgan fingerprint density at radius 3 is 3.12 bits per heavy atom. The van der Waals surface area contributed by atoms with E-state index in [1.807, 2.05) is 18.2 Å². The van der Waals surface area contributed by atoms with Crippen molar-refractivity contribution >= 4 is 17.7 Å². The summed E-state index contributed by atoms with van der Waals surface area (Å²) in [5.41, 5.74) is 0.999. The van der Waals surface area contributed by atoms with Crippen LogP contribution < -0.4 is 10.1 Å². The second-order valence-electron chi connectivity index (χ2n) is 4.79. The van der Waals surface area contributed by atoms with Crippen LogP contribution in [0.2, 0.25) is 5.02 Å². The summed E-state index contributed by atoms with van der Waals surface area (Å²) >= 11 is 6.02. The topological polar surface area (TPSA) is 21.3 Å². The van der Waals surface area contributed by atoms with Crippen molar-refractivity contribution in [3.8, 4) is 5.75 Å². The molecule has 1 aromatic carbocycles. The first-order valence-corrected chi connectivity index (χ1v) is 6.54. The van der Waals surface area contributed by atoms with Crippen LogP contribution in [0.15, 0.2) is 24.3 Å². The molecule has 1 fully saturated rings. The van der Waals surface area contributed by atoms with Crippen LogP contribution in [-0.4, -0.2) is 18.7 Å². The molecule has 0 aliphatic carbocycles. The quantitative estimate of drug-likeness (QED) is 0.762. The molecule has 1 saturated heterocycles. The Labute approximate surface area is 107 Å². The molecule has 0 aromatic heterocycles. The molecule has 1 unspecified atom stereocenters. The maximum absolute atomic E-state index is 6.21. The van der Waals surface area contributed by atoms with Crippen molar-refractivity contribution in [2.75, 3.05) is 13.1 Å². The molecule has 90 valence electrons. The van der Waals surface area contributed by atoms with Gasteiger partial charge in [-0.1, -0.05) is 17.7 Å². The van der Waals surface area contributed by atoms with Gasteiger partial charge < -0.3 is 10.1 Å². The zero-order chi connectivity index (χ0) is 11.7. The fraction of sp³-hybridized carbons (Fsp3) is 0.429. The molecule has 3 rings (SSSR count). The first-order chi connectivity index (χ1) is 8.27. The number of ether oxygens (including phenoxy) is 1. The highest BCUT2D eigenvalue weighted by molar-refractivity contribution is 6.30. The molecule has 0 amide bonds. The highest BCUT2D eigenvalue weighted by Gasteiger charge is 2.33. The van der Waals surface area contributed by atoms with E-state index >= 15 is 0 Å². The van der Waals surface area contributed by atoms with Gasteiger partial charge >= 0.3 is 0 Å². The van der Waals surface area contributed by atoms with E-state index in [1.165, 1.54) is 0 Å². The molecule has 2 aliphatic heterocycles. The van der Waals surface area contributed by atoms with E-state index in [0.29, 0.717) is 0 Å². The normalized spacial score (nSPS) is 27.4. The highest BCUT2D eigenvalue weighted by atomic mass is 35.5. The Morgan fingerprint density at radius 1 is 1.24 bits per heavy atom. The van der Waals surface area contributed by atoms with Gasteiger partial charge in [0.1, 0.15) is 11.4 Å². The first-order valence-electron chi connectivity index (χ1n) is 6.16. The molecule has 2 heterocycles. The number of benzene rings is 1. The predicted octanol–water partition coefficient (Wildman–Crippen LogP) is 3.26. The number of halogens is 1. The van der Waals surface area contributed by atoms with Gasteiger partial charge in [-0.2, -0.15) is 0 Å². The van der Waals surface area contributed by atoms with E-state index in [0.717, 1.165) is 48.7 Å². The first kappa shape index (κ1) is 11.1. The molecule has 1 atom stereocenters. The molecule has 0 bridgehead atoms. The van der Waals surface area contributed by atoms with Crippen LogP contribution in [0.3, 0.4) is 0 Å². The summed E-state index contributed by atoms with van der Waals surface area (Å²) in [4.78, 5) is 0. The van der Waals surface area contributed by atoms with Crippen molar-refractivity contribution < 1.29 is 4.74 Å². The summed E-state index contributed by atoms with van der Waals surface area (Å²) in [7, 11) is 0. The lowest BCUT2D eigenvalue weighted by Gasteiger charge is -2.34. The molecular weight excluding hydrogens is 234 g/mol. The molecule has 1 N–H and O–H groups in total. The fourth-order valence-corrected chi connectivity index (χ4v) is 2.72. The average Bonchev–Trinajstić information content (AvgIpc) is 2.54. The van der Waals surface area contributed by atoms with Gasteiger partial charge in [-0.05, 0) is 50.2 Å². The lowest BCUT2D eigenvalue weighted by atomic mass is 9.91. The molecule has 0 saturated carbocycles. The summed E-state index contributed by atoms with van der Waals surface area (Å²) in [5.74, 6) is 0.918.